The summed E-state index contributed by atoms with van der Waals surface area (Å²) in [6.45, 7) is 7.51. The minimum Gasteiger partial charge on any atom is -0.476 e. The van der Waals surface area contributed by atoms with Crippen LogP contribution < -0.4 is 15.8 Å². The molecular formula is C32H45N5O5S. The van der Waals surface area contributed by atoms with Crippen molar-refractivity contribution >= 4 is 23.2 Å². The molecule has 3 aromatic rings. The fourth-order valence-corrected chi connectivity index (χ4v) is 6.31. The average molecular weight is 612 g/mol. The second-order valence-electron chi connectivity index (χ2n) is 11.6. The van der Waals surface area contributed by atoms with Crippen LogP contribution in [0, 0.1) is 12.8 Å². The van der Waals surface area contributed by atoms with Gasteiger partial charge in [-0.3, -0.25) is 9.59 Å². The summed E-state index contributed by atoms with van der Waals surface area (Å²) in [5.41, 5.74) is 10.4. The molecular weight excluding hydrogens is 566 g/mol. The van der Waals surface area contributed by atoms with Crippen molar-refractivity contribution in [3.8, 4) is 16.3 Å². The van der Waals surface area contributed by atoms with E-state index in [1.165, 1.54) is 11.3 Å². The first kappa shape index (κ1) is 32.6. The number of amides is 2. The van der Waals surface area contributed by atoms with E-state index in [1.54, 1.807) is 17.4 Å². The van der Waals surface area contributed by atoms with E-state index in [-0.39, 0.29) is 30.7 Å². The van der Waals surface area contributed by atoms with Crippen LogP contribution in [0.5, 0.6) is 5.88 Å². The number of aliphatic hydroxyl groups is 1. The van der Waals surface area contributed by atoms with Crippen LogP contribution >= 0.6 is 11.3 Å². The van der Waals surface area contributed by atoms with E-state index in [2.05, 4.69) is 15.5 Å². The maximum absolute atomic E-state index is 13.8. The fraction of sp³-hybridized carbons (Fsp3) is 0.562. The number of nitrogens with one attached hydrogen (secondary N) is 1. The quantitative estimate of drug-likeness (QED) is 0.196. The predicted octanol–water partition coefficient (Wildman–Crippen LogP) is 4.80. The highest BCUT2D eigenvalue weighted by molar-refractivity contribution is 7.13. The van der Waals surface area contributed by atoms with E-state index >= 15 is 0 Å². The Morgan fingerprint density at radius 3 is 2.56 bits per heavy atom. The molecule has 0 aliphatic carbocycles. The van der Waals surface area contributed by atoms with Crippen molar-refractivity contribution in [3.05, 3.63) is 52.9 Å². The van der Waals surface area contributed by atoms with Crippen LogP contribution in [0.4, 0.5) is 0 Å². The molecule has 1 saturated heterocycles. The van der Waals surface area contributed by atoms with Gasteiger partial charge in [0.1, 0.15) is 12.0 Å². The number of aryl methyl sites for hydroxylation is 1. The first-order valence-corrected chi connectivity index (χ1v) is 16.2. The maximum atomic E-state index is 13.8. The normalized spacial score (nSPS) is 17.4. The van der Waals surface area contributed by atoms with Crippen molar-refractivity contribution < 1.29 is 24.0 Å². The van der Waals surface area contributed by atoms with Crippen molar-refractivity contribution in [2.24, 2.45) is 11.7 Å². The van der Waals surface area contributed by atoms with Crippen LogP contribution in [0.2, 0.25) is 0 Å². The lowest BCUT2D eigenvalue weighted by Crippen LogP contribution is -2.48. The van der Waals surface area contributed by atoms with Gasteiger partial charge in [-0.25, -0.2) is 4.98 Å². The molecule has 1 aromatic carbocycles. The molecule has 0 saturated carbocycles. The van der Waals surface area contributed by atoms with Gasteiger partial charge in [0, 0.05) is 25.6 Å². The molecule has 0 spiro atoms. The molecule has 0 bridgehead atoms. The second-order valence-corrected chi connectivity index (χ2v) is 12.5. The van der Waals surface area contributed by atoms with Gasteiger partial charge < -0.3 is 30.3 Å². The van der Waals surface area contributed by atoms with E-state index in [4.69, 9.17) is 15.0 Å². The lowest BCUT2D eigenvalue weighted by molar-refractivity contribution is -0.141. The molecule has 1 fully saturated rings. The van der Waals surface area contributed by atoms with Gasteiger partial charge in [0.15, 0.2) is 5.76 Å². The summed E-state index contributed by atoms with van der Waals surface area (Å²) < 4.78 is 11.3. The zero-order valence-corrected chi connectivity index (χ0v) is 26.3. The summed E-state index contributed by atoms with van der Waals surface area (Å²) in [7, 11) is 0. The Hall–Kier alpha value is -3.28. The number of ether oxygens (including phenoxy) is 1. The van der Waals surface area contributed by atoms with Crippen LogP contribution in [0.25, 0.3) is 10.4 Å². The molecule has 2 aromatic heterocycles. The van der Waals surface area contributed by atoms with Gasteiger partial charge in [-0.2, -0.15) is 0 Å². The topological polar surface area (TPSA) is 144 Å². The Morgan fingerprint density at radius 2 is 1.88 bits per heavy atom. The van der Waals surface area contributed by atoms with Gasteiger partial charge in [0.05, 0.1) is 28.8 Å². The molecule has 1 aliphatic rings. The van der Waals surface area contributed by atoms with E-state index in [1.807, 2.05) is 50.5 Å². The summed E-state index contributed by atoms with van der Waals surface area (Å²) in [6, 6.07) is 8.88. The largest absolute Gasteiger partial charge is 0.476 e. The number of carbonyl (C=O) groups excluding carboxylic acids is 2. The van der Waals surface area contributed by atoms with Crippen LogP contribution in [-0.2, 0) is 16.1 Å². The van der Waals surface area contributed by atoms with Gasteiger partial charge in [0.2, 0.25) is 11.8 Å². The minimum atomic E-state index is -0.779. The number of β-amino-alcohol motifs (C(OH)–C–C–N with tert-alkyl or cyclic N) is 1. The van der Waals surface area contributed by atoms with Crippen LogP contribution in [-0.4, -0.2) is 63.8 Å². The van der Waals surface area contributed by atoms with E-state index in [0.717, 1.165) is 60.3 Å². The number of unbranched alkanes of at least 4 members (excludes halogenated alkanes) is 5. The fourth-order valence-electron chi connectivity index (χ4n) is 5.50. The smallest absolute Gasteiger partial charge is 0.254 e. The Labute approximate surface area is 258 Å². The van der Waals surface area contributed by atoms with Gasteiger partial charge >= 0.3 is 0 Å². The molecule has 1 aliphatic heterocycles. The molecule has 3 heterocycles. The van der Waals surface area contributed by atoms with Gasteiger partial charge in [0.25, 0.3) is 5.88 Å². The van der Waals surface area contributed by atoms with Crippen LogP contribution in [0.3, 0.4) is 0 Å². The molecule has 11 heteroatoms. The molecule has 234 valence electrons. The maximum Gasteiger partial charge on any atom is 0.254 e. The summed E-state index contributed by atoms with van der Waals surface area (Å²) in [6.07, 6.45) is 5.94. The first-order chi connectivity index (χ1) is 20.8. The number of hydrogen-bond acceptors (Lipinski definition) is 9. The lowest BCUT2D eigenvalue weighted by Gasteiger charge is -2.28. The molecule has 4 rings (SSSR count). The van der Waals surface area contributed by atoms with E-state index in [0.29, 0.717) is 24.8 Å². The number of thiazole rings is 1. The van der Waals surface area contributed by atoms with Gasteiger partial charge in [-0.1, -0.05) is 63.8 Å². The molecule has 0 unspecified atom stereocenters. The molecule has 2 amide bonds. The molecule has 43 heavy (non-hydrogen) atoms. The number of aromatic nitrogens is 2. The Bertz CT molecular complexity index is 1310. The van der Waals surface area contributed by atoms with Crippen molar-refractivity contribution in [2.75, 3.05) is 19.7 Å². The zero-order valence-electron chi connectivity index (χ0n) is 25.5. The number of nitrogens with two attached hydrogens (primary N) is 1. The Morgan fingerprint density at radius 1 is 1.16 bits per heavy atom. The summed E-state index contributed by atoms with van der Waals surface area (Å²) in [5, 5.41) is 17.4. The monoisotopic (exact) mass is 611 g/mol. The van der Waals surface area contributed by atoms with Crippen molar-refractivity contribution in [1.29, 1.82) is 0 Å². The number of rotatable bonds is 16. The number of benzene rings is 1. The van der Waals surface area contributed by atoms with Gasteiger partial charge in [-0.05, 0) is 48.5 Å². The van der Waals surface area contributed by atoms with Crippen molar-refractivity contribution in [2.45, 2.75) is 90.3 Å². The third kappa shape index (κ3) is 8.87. The molecule has 10 nitrogen and oxygen atoms in total. The number of aliphatic hydroxyl groups excluding tert-OH is 1. The predicted molar refractivity (Wildman–Crippen MR) is 167 cm³/mol. The molecule has 0 radical (unpaired) electrons. The average Bonchev–Trinajstić information content (AvgIpc) is 3.73. The van der Waals surface area contributed by atoms with E-state index in [9.17, 15) is 14.7 Å². The SMILES string of the molecule is Cc1ncsc1-c1ccc(CNC(=O)[C@@H]2C[C@@H](O)CN2C(=O)[C@H](c2cc(OCCCCCCCCN)no2)C(C)C)cc1. The third-order valence-corrected chi connectivity index (χ3v) is 8.87. The number of carbonyl (C=O) groups is 2. The second kappa shape index (κ2) is 16.0. The highest BCUT2D eigenvalue weighted by Crippen LogP contribution is 2.32. The molecule has 3 atom stereocenters. The van der Waals surface area contributed by atoms with Crippen molar-refractivity contribution in [3.63, 3.8) is 0 Å². The zero-order chi connectivity index (χ0) is 30.8. The highest BCUT2D eigenvalue weighted by atomic mass is 32.1. The summed E-state index contributed by atoms with van der Waals surface area (Å²) in [4.78, 5) is 34.0. The Kier molecular flexibility index (Phi) is 12.1. The van der Waals surface area contributed by atoms with Crippen molar-refractivity contribution in [1.82, 2.24) is 20.4 Å². The summed E-state index contributed by atoms with van der Waals surface area (Å²) in [5.74, 6) is -0.590. The highest BCUT2D eigenvalue weighted by Gasteiger charge is 2.43. The minimum absolute atomic E-state index is 0.0891. The van der Waals surface area contributed by atoms with E-state index < -0.39 is 18.1 Å². The van der Waals surface area contributed by atoms with Gasteiger partial charge in [-0.15, -0.1) is 11.3 Å². The number of likely N-dealkylation sites (tertiary alicyclic amines) is 1. The van der Waals surface area contributed by atoms with Crippen LogP contribution in [0.1, 0.15) is 81.7 Å². The van der Waals surface area contributed by atoms with Crippen LogP contribution in [0.15, 0.2) is 40.4 Å². The third-order valence-electron chi connectivity index (χ3n) is 7.89. The number of nitrogens with zero attached hydrogens (tertiary/aromatic N) is 3. The Balaban J connectivity index is 1.32. The number of hydrogen-bond donors (Lipinski definition) is 3. The standard InChI is InChI=1S/C32H45N5O5S/c1-21(2)29(27-17-28(36-42-27)41-15-9-7-5-4-6-8-14-33)32(40)37-19-25(38)16-26(37)31(39)34-18-23-10-12-24(13-11-23)30-22(3)35-20-43-30/h10-13,17,20-21,25-26,29,38H,4-9,14-16,18-19,33H2,1-3H3,(H,34,39)/t25-,26+,29+/m1/s1. The molecule has 4 N–H and O–H groups in total. The first-order valence-electron chi connectivity index (χ1n) is 15.3. The lowest BCUT2D eigenvalue weighted by atomic mass is 9.91. The summed E-state index contributed by atoms with van der Waals surface area (Å²) >= 11 is 1.60.